The topological polar surface area (TPSA) is 86.7 Å². The highest BCUT2D eigenvalue weighted by atomic mass is 16.4. The third-order valence-electron chi connectivity index (χ3n) is 3.38. The van der Waals surface area contributed by atoms with Crippen molar-refractivity contribution in [2.75, 3.05) is 6.67 Å². The number of aliphatic carboxylic acids is 1. The van der Waals surface area contributed by atoms with E-state index in [4.69, 9.17) is 5.11 Å². The minimum atomic E-state index is -0.986. The standard InChI is InChI=1S/C15H18N2O4/c1-9(2)7-12(15(20)21)16-8-17-13(18)10-5-3-4-6-11(10)14(17)19/h3-6,9,12,16H,7-8H2,1-2H3,(H,20,21). The highest BCUT2D eigenvalue weighted by Gasteiger charge is 2.35. The van der Waals surface area contributed by atoms with Crippen LogP contribution in [0.25, 0.3) is 0 Å². The first-order chi connectivity index (χ1) is 9.91. The Bertz CT molecular complexity index is 548. The van der Waals surface area contributed by atoms with Gasteiger partial charge in [0.15, 0.2) is 0 Å². The first-order valence-corrected chi connectivity index (χ1v) is 6.83. The van der Waals surface area contributed by atoms with Crippen LogP contribution in [0.2, 0.25) is 0 Å². The molecule has 6 heteroatoms. The average Bonchev–Trinajstić information content (AvgIpc) is 2.67. The van der Waals surface area contributed by atoms with E-state index in [1.165, 1.54) is 0 Å². The lowest BCUT2D eigenvalue weighted by atomic mass is 10.0. The molecule has 21 heavy (non-hydrogen) atoms. The van der Waals surface area contributed by atoms with E-state index in [0.717, 1.165) is 4.90 Å². The number of carboxylic acids is 1. The summed E-state index contributed by atoms with van der Waals surface area (Å²) in [7, 11) is 0. The van der Waals surface area contributed by atoms with E-state index in [-0.39, 0.29) is 12.6 Å². The molecule has 2 amide bonds. The number of benzene rings is 1. The highest BCUT2D eigenvalue weighted by Crippen LogP contribution is 2.21. The van der Waals surface area contributed by atoms with Gasteiger partial charge in [-0.1, -0.05) is 26.0 Å². The van der Waals surface area contributed by atoms with E-state index in [1.54, 1.807) is 24.3 Å². The monoisotopic (exact) mass is 290 g/mol. The smallest absolute Gasteiger partial charge is 0.320 e. The molecule has 0 saturated heterocycles. The summed E-state index contributed by atoms with van der Waals surface area (Å²) >= 11 is 0. The van der Waals surface area contributed by atoms with E-state index in [0.29, 0.717) is 17.5 Å². The van der Waals surface area contributed by atoms with Crippen LogP contribution in [0, 0.1) is 5.92 Å². The van der Waals surface area contributed by atoms with Crippen LogP contribution in [0.4, 0.5) is 0 Å². The number of hydrogen-bond donors (Lipinski definition) is 2. The summed E-state index contributed by atoms with van der Waals surface area (Å²) in [6.07, 6.45) is 0.429. The molecule has 0 aromatic heterocycles. The average molecular weight is 290 g/mol. The van der Waals surface area contributed by atoms with Crippen LogP contribution >= 0.6 is 0 Å². The zero-order valence-electron chi connectivity index (χ0n) is 12.0. The second kappa shape index (κ2) is 6.05. The number of nitrogens with zero attached hydrogens (tertiary/aromatic N) is 1. The van der Waals surface area contributed by atoms with Gasteiger partial charge in [0, 0.05) is 0 Å². The first-order valence-electron chi connectivity index (χ1n) is 6.83. The van der Waals surface area contributed by atoms with Crippen LogP contribution in [0.15, 0.2) is 24.3 Å². The number of fused-ring (bicyclic) bond motifs is 1. The predicted molar refractivity (Wildman–Crippen MR) is 75.8 cm³/mol. The maximum atomic E-state index is 12.1. The molecule has 1 heterocycles. The summed E-state index contributed by atoms with van der Waals surface area (Å²) in [5, 5.41) is 11.9. The zero-order valence-corrected chi connectivity index (χ0v) is 12.0. The number of amides is 2. The van der Waals surface area contributed by atoms with Gasteiger partial charge < -0.3 is 5.11 Å². The molecular formula is C15H18N2O4. The molecule has 2 N–H and O–H groups in total. The van der Waals surface area contributed by atoms with E-state index in [1.807, 2.05) is 13.8 Å². The summed E-state index contributed by atoms with van der Waals surface area (Å²) in [5.41, 5.74) is 0.722. The SMILES string of the molecule is CC(C)CC(NCN1C(=O)c2ccccc2C1=O)C(=O)O. The van der Waals surface area contributed by atoms with Gasteiger partial charge in [0.25, 0.3) is 11.8 Å². The number of imide groups is 1. The Morgan fingerprint density at radius 2 is 1.71 bits per heavy atom. The lowest BCUT2D eigenvalue weighted by molar-refractivity contribution is -0.140. The minimum Gasteiger partial charge on any atom is -0.480 e. The van der Waals surface area contributed by atoms with E-state index >= 15 is 0 Å². The Morgan fingerprint density at radius 3 is 2.14 bits per heavy atom. The van der Waals surface area contributed by atoms with Crippen LogP contribution in [0.5, 0.6) is 0 Å². The van der Waals surface area contributed by atoms with Gasteiger partial charge in [-0.05, 0) is 24.5 Å². The minimum absolute atomic E-state index is 0.101. The van der Waals surface area contributed by atoms with Crippen LogP contribution in [-0.2, 0) is 4.79 Å². The van der Waals surface area contributed by atoms with Crippen molar-refractivity contribution in [2.45, 2.75) is 26.3 Å². The van der Waals surface area contributed by atoms with E-state index in [9.17, 15) is 14.4 Å². The molecule has 0 spiro atoms. The molecule has 0 fully saturated rings. The van der Waals surface area contributed by atoms with Gasteiger partial charge >= 0.3 is 5.97 Å². The van der Waals surface area contributed by atoms with Gasteiger partial charge in [0.05, 0.1) is 17.8 Å². The number of carboxylic acid groups (broad SMARTS) is 1. The molecule has 1 atom stereocenters. The van der Waals surface area contributed by atoms with Gasteiger partial charge in [-0.3, -0.25) is 24.6 Å². The molecule has 0 bridgehead atoms. The molecule has 1 aromatic carbocycles. The lowest BCUT2D eigenvalue weighted by Crippen LogP contribution is -2.46. The van der Waals surface area contributed by atoms with Crippen molar-refractivity contribution in [3.8, 4) is 0 Å². The molecule has 0 saturated carbocycles. The summed E-state index contributed by atoms with van der Waals surface area (Å²) in [5.74, 6) is -1.57. The fourth-order valence-electron chi connectivity index (χ4n) is 2.33. The maximum Gasteiger partial charge on any atom is 0.320 e. The van der Waals surface area contributed by atoms with Crippen molar-refractivity contribution in [3.63, 3.8) is 0 Å². The van der Waals surface area contributed by atoms with Gasteiger partial charge in [0.1, 0.15) is 6.04 Å². The molecule has 2 rings (SSSR count). The lowest BCUT2D eigenvalue weighted by Gasteiger charge is -2.20. The number of nitrogens with one attached hydrogen (secondary N) is 1. The van der Waals surface area contributed by atoms with Crippen molar-refractivity contribution in [1.29, 1.82) is 0 Å². The van der Waals surface area contributed by atoms with Crippen molar-refractivity contribution >= 4 is 17.8 Å². The largest absolute Gasteiger partial charge is 0.480 e. The van der Waals surface area contributed by atoms with E-state index in [2.05, 4.69) is 5.32 Å². The zero-order chi connectivity index (χ0) is 15.6. The molecule has 0 radical (unpaired) electrons. The van der Waals surface area contributed by atoms with E-state index < -0.39 is 23.8 Å². The van der Waals surface area contributed by atoms with Gasteiger partial charge in [-0.25, -0.2) is 0 Å². The predicted octanol–water partition coefficient (Wildman–Crippen LogP) is 1.33. The Kier molecular flexibility index (Phi) is 4.37. The van der Waals surface area contributed by atoms with Crippen LogP contribution in [0.1, 0.15) is 41.0 Å². The van der Waals surface area contributed by atoms with Crippen molar-refractivity contribution in [1.82, 2.24) is 10.2 Å². The second-order valence-electron chi connectivity index (χ2n) is 5.47. The maximum absolute atomic E-state index is 12.1. The third kappa shape index (κ3) is 3.11. The fraction of sp³-hybridized carbons (Fsp3) is 0.400. The Balaban J connectivity index is 2.06. The van der Waals surface area contributed by atoms with Crippen LogP contribution < -0.4 is 5.32 Å². The second-order valence-corrected chi connectivity index (χ2v) is 5.47. The van der Waals surface area contributed by atoms with Gasteiger partial charge in [-0.15, -0.1) is 0 Å². The number of hydrogen-bond acceptors (Lipinski definition) is 4. The number of carbonyl (C=O) groups excluding carboxylic acids is 2. The molecule has 1 unspecified atom stereocenters. The van der Waals surface area contributed by atoms with Crippen molar-refractivity contribution in [2.24, 2.45) is 5.92 Å². The van der Waals surface area contributed by atoms with Crippen LogP contribution in [0.3, 0.4) is 0 Å². The summed E-state index contributed by atoms with van der Waals surface area (Å²) in [6.45, 7) is 3.73. The third-order valence-corrected chi connectivity index (χ3v) is 3.38. The Hall–Kier alpha value is -2.21. The summed E-state index contributed by atoms with van der Waals surface area (Å²) in [4.78, 5) is 36.5. The number of rotatable bonds is 6. The van der Waals surface area contributed by atoms with Crippen LogP contribution in [-0.4, -0.2) is 40.5 Å². The molecule has 6 nitrogen and oxygen atoms in total. The highest BCUT2D eigenvalue weighted by molar-refractivity contribution is 6.21. The normalized spacial score (nSPS) is 15.5. The molecule has 0 aliphatic carbocycles. The van der Waals surface area contributed by atoms with Crippen molar-refractivity contribution < 1.29 is 19.5 Å². The quantitative estimate of drug-likeness (QED) is 0.772. The van der Waals surface area contributed by atoms with Gasteiger partial charge in [-0.2, -0.15) is 0 Å². The summed E-state index contributed by atoms with van der Waals surface area (Å²) in [6, 6.07) is 5.80. The fourth-order valence-corrected chi connectivity index (χ4v) is 2.33. The number of carbonyl (C=O) groups is 3. The van der Waals surface area contributed by atoms with Gasteiger partial charge in [0.2, 0.25) is 0 Å². The van der Waals surface area contributed by atoms with Crippen molar-refractivity contribution in [3.05, 3.63) is 35.4 Å². The molecule has 112 valence electrons. The molecule has 1 aromatic rings. The molecular weight excluding hydrogens is 272 g/mol. The molecule has 1 aliphatic heterocycles. The first kappa shape index (κ1) is 15.2. The Labute approximate surface area is 122 Å². The Morgan fingerprint density at radius 1 is 1.19 bits per heavy atom. The summed E-state index contributed by atoms with van der Waals surface area (Å²) < 4.78 is 0. The molecule has 1 aliphatic rings.